The maximum Gasteiger partial charge on any atom is 0.150 e. The van der Waals surface area contributed by atoms with E-state index in [2.05, 4.69) is 29.1 Å². The molecular weight excluding hydrogens is 266 g/mol. The highest BCUT2D eigenvalue weighted by molar-refractivity contribution is 5.05. The van der Waals surface area contributed by atoms with Crippen LogP contribution in [0.1, 0.15) is 37.1 Å². The van der Waals surface area contributed by atoms with Crippen molar-refractivity contribution in [2.75, 3.05) is 33.8 Å². The highest BCUT2D eigenvalue weighted by Crippen LogP contribution is 2.37. The Bertz CT molecular complexity index is 466. The number of morpholine rings is 1. The van der Waals surface area contributed by atoms with Gasteiger partial charge in [0, 0.05) is 25.2 Å². The molecule has 0 amide bonds. The van der Waals surface area contributed by atoms with Crippen LogP contribution < -0.4 is 0 Å². The normalized spacial score (nSPS) is 26.0. The summed E-state index contributed by atoms with van der Waals surface area (Å²) in [5.41, 5.74) is 1.05. The number of aryl methyl sites for hydroxylation is 1. The van der Waals surface area contributed by atoms with Gasteiger partial charge in [-0.05, 0) is 33.9 Å². The molecule has 0 unspecified atom stereocenters. The molecule has 5 heteroatoms. The highest BCUT2D eigenvalue weighted by atomic mass is 16.5. The van der Waals surface area contributed by atoms with E-state index in [1.165, 1.54) is 25.7 Å². The topological polar surface area (TPSA) is 41.7 Å². The van der Waals surface area contributed by atoms with E-state index in [4.69, 9.17) is 9.26 Å². The number of hydrogen-bond acceptors (Lipinski definition) is 5. The van der Waals surface area contributed by atoms with Crippen LogP contribution in [0.3, 0.4) is 0 Å². The zero-order valence-electron chi connectivity index (χ0n) is 13.5. The minimum absolute atomic E-state index is 0.0951. The summed E-state index contributed by atoms with van der Waals surface area (Å²) in [5.74, 6) is 0.964. The van der Waals surface area contributed by atoms with Gasteiger partial charge in [0.05, 0.1) is 24.4 Å². The van der Waals surface area contributed by atoms with Crippen molar-refractivity contribution in [1.29, 1.82) is 0 Å². The first-order chi connectivity index (χ1) is 10.1. The molecule has 3 rings (SSSR count). The minimum atomic E-state index is 0.0951. The number of rotatable bonds is 4. The van der Waals surface area contributed by atoms with E-state index in [0.717, 1.165) is 37.7 Å². The SMILES string of the molecule is Cc1cc(CN2CC3(CCCC3)OC[C@@H]2CN(C)C)on1. The maximum absolute atomic E-state index is 6.30. The molecule has 1 atom stereocenters. The predicted octanol–water partition coefficient (Wildman–Crippen LogP) is 2.06. The molecule has 1 spiro atoms. The quantitative estimate of drug-likeness (QED) is 0.850. The van der Waals surface area contributed by atoms with Crippen molar-refractivity contribution in [2.24, 2.45) is 0 Å². The van der Waals surface area contributed by atoms with Crippen LogP contribution >= 0.6 is 0 Å². The van der Waals surface area contributed by atoms with Gasteiger partial charge in [-0.3, -0.25) is 4.90 Å². The first kappa shape index (κ1) is 15.0. The van der Waals surface area contributed by atoms with Crippen LogP contribution in [0.2, 0.25) is 0 Å². The van der Waals surface area contributed by atoms with Crippen molar-refractivity contribution >= 4 is 0 Å². The molecule has 0 aromatic carbocycles. The summed E-state index contributed by atoms with van der Waals surface area (Å²) in [7, 11) is 4.24. The Morgan fingerprint density at radius 3 is 2.76 bits per heavy atom. The molecule has 1 saturated heterocycles. The van der Waals surface area contributed by atoms with Gasteiger partial charge < -0.3 is 14.2 Å². The van der Waals surface area contributed by atoms with Gasteiger partial charge in [0.25, 0.3) is 0 Å². The van der Waals surface area contributed by atoms with Gasteiger partial charge in [-0.2, -0.15) is 0 Å². The molecule has 2 fully saturated rings. The van der Waals surface area contributed by atoms with Crippen LogP contribution in [0.25, 0.3) is 0 Å². The molecular formula is C16H27N3O2. The molecule has 0 bridgehead atoms. The van der Waals surface area contributed by atoms with E-state index >= 15 is 0 Å². The van der Waals surface area contributed by atoms with E-state index in [1.807, 2.05) is 13.0 Å². The zero-order chi connectivity index (χ0) is 14.9. The summed E-state index contributed by atoms with van der Waals surface area (Å²) >= 11 is 0. The zero-order valence-corrected chi connectivity index (χ0v) is 13.5. The molecule has 1 saturated carbocycles. The fourth-order valence-corrected chi connectivity index (χ4v) is 3.71. The van der Waals surface area contributed by atoms with Crippen LogP contribution in [0, 0.1) is 6.92 Å². The number of likely N-dealkylation sites (N-methyl/N-ethyl adjacent to an activating group) is 1. The largest absolute Gasteiger partial charge is 0.372 e. The third kappa shape index (κ3) is 3.47. The molecule has 2 heterocycles. The maximum atomic E-state index is 6.30. The number of ether oxygens (including phenoxy) is 1. The lowest BCUT2D eigenvalue weighted by atomic mass is 9.97. The fourth-order valence-electron chi connectivity index (χ4n) is 3.71. The van der Waals surface area contributed by atoms with Crippen molar-refractivity contribution < 1.29 is 9.26 Å². The number of nitrogens with zero attached hydrogens (tertiary/aromatic N) is 3. The molecule has 1 aliphatic heterocycles. The van der Waals surface area contributed by atoms with E-state index in [1.54, 1.807) is 0 Å². The van der Waals surface area contributed by atoms with Gasteiger partial charge in [0.2, 0.25) is 0 Å². The second-order valence-electron chi connectivity index (χ2n) is 6.96. The summed E-state index contributed by atoms with van der Waals surface area (Å²) in [6.45, 7) is 5.67. The fraction of sp³-hybridized carbons (Fsp3) is 0.812. The van der Waals surface area contributed by atoms with Crippen LogP contribution in [-0.2, 0) is 11.3 Å². The molecule has 1 aromatic heterocycles. The third-order valence-corrected chi connectivity index (χ3v) is 4.72. The third-order valence-electron chi connectivity index (χ3n) is 4.72. The number of hydrogen-bond donors (Lipinski definition) is 0. The lowest BCUT2D eigenvalue weighted by Gasteiger charge is -2.45. The molecule has 21 heavy (non-hydrogen) atoms. The summed E-state index contributed by atoms with van der Waals surface area (Å²) < 4.78 is 11.7. The van der Waals surface area contributed by atoms with Gasteiger partial charge in [0.1, 0.15) is 0 Å². The van der Waals surface area contributed by atoms with Crippen molar-refractivity contribution in [3.05, 3.63) is 17.5 Å². The van der Waals surface area contributed by atoms with E-state index in [9.17, 15) is 0 Å². The van der Waals surface area contributed by atoms with Gasteiger partial charge >= 0.3 is 0 Å². The summed E-state index contributed by atoms with van der Waals surface area (Å²) in [4.78, 5) is 4.77. The van der Waals surface area contributed by atoms with E-state index in [-0.39, 0.29) is 5.60 Å². The van der Waals surface area contributed by atoms with Crippen molar-refractivity contribution in [1.82, 2.24) is 15.0 Å². The first-order valence-electron chi connectivity index (χ1n) is 8.01. The molecule has 118 valence electrons. The van der Waals surface area contributed by atoms with Crippen LogP contribution in [0.15, 0.2) is 10.6 Å². The molecule has 1 aliphatic carbocycles. The van der Waals surface area contributed by atoms with Crippen LogP contribution in [0.5, 0.6) is 0 Å². The van der Waals surface area contributed by atoms with Gasteiger partial charge in [-0.25, -0.2) is 0 Å². The Morgan fingerprint density at radius 1 is 1.38 bits per heavy atom. The lowest BCUT2D eigenvalue weighted by molar-refractivity contribution is -0.137. The Kier molecular flexibility index (Phi) is 4.33. The van der Waals surface area contributed by atoms with Gasteiger partial charge in [-0.1, -0.05) is 18.0 Å². The molecule has 0 radical (unpaired) electrons. The smallest absolute Gasteiger partial charge is 0.150 e. The van der Waals surface area contributed by atoms with Crippen molar-refractivity contribution in [3.8, 4) is 0 Å². The van der Waals surface area contributed by atoms with Crippen LogP contribution in [0.4, 0.5) is 0 Å². The summed E-state index contributed by atoms with van der Waals surface area (Å²) in [6, 6.07) is 2.47. The second-order valence-corrected chi connectivity index (χ2v) is 6.96. The van der Waals surface area contributed by atoms with E-state index in [0.29, 0.717) is 6.04 Å². The summed E-state index contributed by atoms with van der Waals surface area (Å²) in [6.07, 6.45) is 5.00. The molecule has 5 nitrogen and oxygen atoms in total. The Labute approximate surface area is 127 Å². The standard InChI is InChI=1S/C16H27N3O2/c1-13-8-15(21-17-13)10-19-12-16(6-4-5-7-16)20-11-14(19)9-18(2)3/h8,14H,4-7,9-12H2,1-3H3/t14-/m0/s1. The van der Waals surface area contributed by atoms with Gasteiger partial charge in [0.15, 0.2) is 5.76 Å². The van der Waals surface area contributed by atoms with Gasteiger partial charge in [-0.15, -0.1) is 0 Å². The monoisotopic (exact) mass is 293 g/mol. The van der Waals surface area contributed by atoms with Crippen molar-refractivity contribution in [2.45, 2.75) is 50.8 Å². The van der Waals surface area contributed by atoms with Crippen LogP contribution in [-0.4, -0.2) is 60.4 Å². The highest BCUT2D eigenvalue weighted by Gasteiger charge is 2.42. The molecule has 2 aliphatic rings. The summed E-state index contributed by atoms with van der Waals surface area (Å²) in [5, 5.41) is 4.01. The van der Waals surface area contributed by atoms with Crippen molar-refractivity contribution in [3.63, 3.8) is 0 Å². The Morgan fingerprint density at radius 2 is 2.14 bits per heavy atom. The van der Waals surface area contributed by atoms with E-state index < -0.39 is 0 Å². The first-order valence-corrected chi connectivity index (χ1v) is 8.01. The molecule has 1 aromatic rings. The predicted molar refractivity (Wildman–Crippen MR) is 81.1 cm³/mol. The minimum Gasteiger partial charge on any atom is -0.372 e. The number of aromatic nitrogens is 1. The average molecular weight is 293 g/mol. The Balaban J connectivity index is 1.72. The average Bonchev–Trinajstić information content (AvgIpc) is 3.03. The molecule has 0 N–H and O–H groups in total. The Hall–Kier alpha value is -0.910. The second kappa shape index (κ2) is 6.07. The lowest BCUT2D eigenvalue weighted by Crippen LogP contribution is -2.57.